The molecular weight excluding hydrogens is 370 g/mol. The standard InChI is InChI=1S/C22H25N3O2S/c1-15-5-3-4-6-18(15)22(7-9-27-10-8-22)14-24-21(26)19-11-17(12-23-19)20-13-28-16(2)25-20/h3-6,11-13,23H,7-10,14H2,1-2H3,(H,24,26). The Labute approximate surface area is 169 Å². The van der Waals surface area contributed by atoms with Crippen LogP contribution in [-0.4, -0.2) is 35.6 Å². The number of nitrogens with one attached hydrogen (secondary N) is 2. The van der Waals surface area contributed by atoms with E-state index in [-0.39, 0.29) is 11.3 Å². The lowest BCUT2D eigenvalue weighted by atomic mass is 9.72. The molecule has 4 rings (SSSR count). The number of H-pyrrole nitrogens is 1. The number of carbonyl (C=O) groups excluding carboxylic acids is 1. The van der Waals surface area contributed by atoms with E-state index in [1.807, 2.05) is 24.6 Å². The van der Waals surface area contributed by atoms with E-state index in [2.05, 4.69) is 46.5 Å². The Bertz CT molecular complexity index is 970. The summed E-state index contributed by atoms with van der Waals surface area (Å²) in [4.78, 5) is 20.4. The highest BCUT2D eigenvalue weighted by Crippen LogP contribution is 2.36. The van der Waals surface area contributed by atoms with Gasteiger partial charge in [0.05, 0.1) is 10.7 Å². The molecule has 3 heterocycles. The van der Waals surface area contributed by atoms with Crippen LogP contribution in [0.1, 0.15) is 39.5 Å². The molecule has 1 amide bonds. The number of aromatic amines is 1. The first kappa shape index (κ1) is 18.9. The number of amides is 1. The van der Waals surface area contributed by atoms with Crippen molar-refractivity contribution >= 4 is 17.2 Å². The number of rotatable bonds is 5. The number of ether oxygens (including phenoxy) is 1. The first-order valence-corrected chi connectivity index (χ1v) is 10.5. The van der Waals surface area contributed by atoms with Gasteiger partial charge in [-0.25, -0.2) is 4.98 Å². The molecule has 28 heavy (non-hydrogen) atoms. The monoisotopic (exact) mass is 395 g/mol. The summed E-state index contributed by atoms with van der Waals surface area (Å²) in [6.45, 7) is 6.17. The molecule has 6 heteroatoms. The lowest BCUT2D eigenvalue weighted by molar-refractivity contribution is 0.0485. The highest BCUT2D eigenvalue weighted by Gasteiger charge is 2.36. The number of nitrogens with zero attached hydrogens (tertiary/aromatic N) is 1. The average molecular weight is 396 g/mol. The molecule has 1 aliphatic rings. The van der Waals surface area contributed by atoms with Gasteiger partial charge in [0, 0.05) is 42.3 Å². The molecule has 0 spiro atoms. The van der Waals surface area contributed by atoms with Gasteiger partial charge in [-0.05, 0) is 43.9 Å². The van der Waals surface area contributed by atoms with Crippen LogP contribution in [0.15, 0.2) is 41.9 Å². The minimum Gasteiger partial charge on any atom is -0.381 e. The molecule has 2 aromatic heterocycles. The van der Waals surface area contributed by atoms with Crippen LogP contribution in [0, 0.1) is 13.8 Å². The summed E-state index contributed by atoms with van der Waals surface area (Å²) in [5.74, 6) is -0.0855. The number of carbonyl (C=O) groups is 1. The predicted octanol–water partition coefficient (Wildman–Crippen LogP) is 4.23. The van der Waals surface area contributed by atoms with Crippen LogP contribution in [0.3, 0.4) is 0 Å². The van der Waals surface area contributed by atoms with Gasteiger partial charge in [0.2, 0.25) is 0 Å². The summed E-state index contributed by atoms with van der Waals surface area (Å²) in [6.07, 6.45) is 3.66. The third-order valence-corrected chi connectivity index (χ3v) is 6.37. The zero-order chi connectivity index (χ0) is 19.6. The van der Waals surface area contributed by atoms with Crippen molar-refractivity contribution in [3.8, 4) is 11.3 Å². The van der Waals surface area contributed by atoms with E-state index in [0.29, 0.717) is 12.2 Å². The molecule has 5 nitrogen and oxygen atoms in total. The lowest BCUT2D eigenvalue weighted by Gasteiger charge is -2.39. The molecule has 1 aromatic carbocycles. The van der Waals surface area contributed by atoms with Crippen LogP contribution in [0.25, 0.3) is 11.3 Å². The van der Waals surface area contributed by atoms with Crippen molar-refractivity contribution in [1.82, 2.24) is 15.3 Å². The summed E-state index contributed by atoms with van der Waals surface area (Å²) in [5.41, 5.74) is 4.89. The quantitative estimate of drug-likeness (QED) is 0.679. The van der Waals surface area contributed by atoms with Crippen molar-refractivity contribution in [1.29, 1.82) is 0 Å². The third-order valence-electron chi connectivity index (χ3n) is 5.60. The molecule has 0 atom stereocenters. The van der Waals surface area contributed by atoms with Gasteiger partial charge in [0.25, 0.3) is 5.91 Å². The fraction of sp³-hybridized carbons (Fsp3) is 0.364. The highest BCUT2D eigenvalue weighted by molar-refractivity contribution is 7.09. The molecule has 1 saturated heterocycles. The summed E-state index contributed by atoms with van der Waals surface area (Å²) in [6, 6.07) is 10.3. The second-order valence-electron chi connectivity index (χ2n) is 7.44. The Morgan fingerprint density at radius 1 is 1.29 bits per heavy atom. The maximum absolute atomic E-state index is 12.8. The number of aromatic nitrogens is 2. The molecular formula is C22H25N3O2S. The van der Waals surface area contributed by atoms with Crippen molar-refractivity contribution in [2.24, 2.45) is 0 Å². The highest BCUT2D eigenvalue weighted by atomic mass is 32.1. The van der Waals surface area contributed by atoms with Gasteiger partial charge in [-0.2, -0.15) is 0 Å². The molecule has 0 bridgehead atoms. The maximum atomic E-state index is 12.8. The van der Waals surface area contributed by atoms with E-state index >= 15 is 0 Å². The fourth-order valence-electron chi connectivity index (χ4n) is 3.99. The topological polar surface area (TPSA) is 67.0 Å². The Morgan fingerprint density at radius 3 is 2.79 bits per heavy atom. The maximum Gasteiger partial charge on any atom is 0.267 e. The minimum absolute atomic E-state index is 0.0826. The molecule has 3 aromatic rings. The molecule has 0 aliphatic carbocycles. The van der Waals surface area contributed by atoms with E-state index < -0.39 is 0 Å². The van der Waals surface area contributed by atoms with Crippen LogP contribution in [0.5, 0.6) is 0 Å². The van der Waals surface area contributed by atoms with E-state index in [4.69, 9.17) is 4.74 Å². The number of thiazole rings is 1. The van der Waals surface area contributed by atoms with Crippen LogP contribution in [-0.2, 0) is 10.2 Å². The van der Waals surface area contributed by atoms with Gasteiger partial charge in [0.15, 0.2) is 0 Å². The van der Waals surface area contributed by atoms with Crippen molar-refractivity contribution in [2.45, 2.75) is 32.1 Å². The molecule has 146 valence electrons. The average Bonchev–Trinajstić information content (AvgIpc) is 3.36. The molecule has 0 radical (unpaired) electrons. The molecule has 2 N–H and O–H groups in total. The van der Waals surface area contributed by atoms with E-state index in [1.165, 1.54) is 11.1 Å². The van der Waals surface area contributed by atoms with E-state index in [1.54, 1.807) is 11.3 Å². The molecule has 0 unspecified atom stereocenters. The Morgan fingerprint density at radius 2 is 2.07 bits per heavy atom. The zero-order valence-electron chi connectivity index (χ0n) is 16.2. The van der Waals surface area contributed by atoms with Gasteiger partial charge in [-0.3, -0.25) is 4.79 Å². The zero-order valence-corrected chi connectivity index (χ0v) is 17.1. The van der Waals surface area contributed by atoms with E-state index in [0.717, 1.165) is 42.3 Å². The van der Waals surface area contributed by atoms with Crippen LogP contribution in [0.4, 0.5) is 0 Å². The van der Waals surface area contributed by atoms with Crippen molar-refractivity contribution in [3.05, 3.63) is 63.7 Å². The normalized spacial score (nSPS) is 16.1. The fourth-order valence-corrected chi connectivity index (χ4v) is 4.61. The first-order chi connectivity index (χ1) is 13.6. The second kappa shape index (κ2) is 7.89. The van der Waals surface area contributed by atoms with Gasteiger partial charge in [0.1, 0.15) is 5.69 Å². The molecule has 1 aliphatic heterocycles. The Kier molecular flexibility index (Phi) is 5.33. The lowest BCUT2D eigenvalue weighted by Crippen LogP contribution is -2.45. The Hall–Kier alpha value is -2.44. The third kappa shape index (κ3) is 3.75. The van der Waals surface area contributed by atoms with Gasteiger partial charge in [-0.1, -0.05) is 24.3 Å². The summed E-state index contributed by atoms with van der Waals surface area (Å²) in [5, 5.41) is 6.19. The van der Waals surface area contributed by atoms with Gasteiger partial charge < -0.3 is 15.0 Å². The molecule has 0 saturated carbocycles. The Balaban J connectivity index is 1.51. The van der Waals surface area contributed by atoms with Gasteiger partial charge in [-0.15, -0.1) is 11.3 Å². The number of hydrogen-bond donors (Lipinski definition) is 2. The van der Waals surface area contributed by atoms with Crippen LogP contribution < -0.4 is 5.32 Å². The number of benzene rings is 1. The predicted molar refractivity (Wildman–Crippen MR) is 112 cm³/mol. The van der Waals surface area contributed by atoms with Crippen molar-refractivity contribution in [2.75, 3.05) is 19.8 Å². The minimum atomic E-state index is -0.0855. The van der Waals surface area contributed by atoms with E-state index in [9.17, 15) is 4.79 Å². The largest absolute Gasteiger partial charge is 0.381 e. The summed E-state index contributed by atoms with van der Waals surface area (Å²) >= 11 is 1.61. The molecule has 1 fully saturated rings. The summed E-state index contributed by atoms with van der Waals surface area (Å²) in [7, 11) is 0. The van der Waals surface area contributed by atoms with Crippen molar-refractivity contribution in [3.63, 3.8) is 0 Å². The van der Waals surface area contributed by atoms with Gasteiger partial charge >= 0.3 is 0 Å². The SMILES string of the molecule is Cc1nc(-c2c[nH]c(C(=O)NCC3(c4ccccc4C)CCOCC3)c2)cs1. The second-order valence-corrected chi connectivity index (χ2v) is 8.51. The van der Waals surface area contributed by atoms with Crippen LogP contribution >= 0.6 is 11.3 Å². The number of aryl methyl sites for hydroxylation is 2. The number of hydrogen-bond acceptors (Lipinski definition) is 4. The smallest absolute Gasteiger partial charge is 0.267 e. The summed E-state index contributed by atoms with van der Waals surface area (Å²) < 4.78 is 5.61. The van der Waals surface area contributed by atoms with Crippen LogP contribution in [0.2, 0.25) is 0 Å². The first-order valence-electron chi connectivity index (χ1n) is 9.60. The van der Waals surface area contributed by atoms with Crippen molar-refractivity contribution < 1.29 is 9.53 Å².